The molecule has 1 heterocycles. The van der Waals surface area contributed by atoms with Crippen molar-refractivity contribution in [3.8, 4) is 0 Å². The monoisotopic (exact) mass is 202 g/mol. The molecule has 13 heavy (non-hydrogen) atoms. The van der Waals surface area contributed by atoms with Crippen molar-refractivity contribution in [1.82, 2.24) is 10.2 Å². The van der Waals surface area contributed by atoms with E-state index in [0.29, 0.717) is 5.92 Å². The van der Waals surface area contributed by atoms with Gasteiger partial charge in [0, 0.05) is 19.6 Å². The Morgan fingerprint density at radius 3 is 3.15 bits per heavy atom. The number of rotatable bonds is 1. The van der Waals surface area contributed by atoms with Crippen LogP contribution in [0, 0.1) is 5.92 Å². The minimum absolute atomic E-state index is 0.569. The van der Waals surface area contributed by atoms with Gasteiger partial charge in [0.2, 0.25) is 0 Å². The lowest BCUT2D eigenvalue weighted by Gasteiger charge is -2.24. The zero-order chi connectivity index (χ0) is 9.68. The van der Waals surface area contributed by atoms with Gasteiger partial charge in [-0.05, 0) is 25.1 Å². The van der Waals surface area contributed by atoms with Gasteiger partial charge in [-0.1, -0.05) is 6.92 Å². The van der Waals surface area contributed by atoms with Crippen LogP contribution in [0.25, 0.3) is 0 Å². The molecule has 0 aliphatic carbocycles. The summed E-state index contributed by atoms with van der Waals surface area (Å²) in [6, 6.07) is 0. The summed E-state index contributed by atoms with van der Waals surface area (Å²) >= 11 is 5.25. The molecule has 4 heteroatoms. The predicted octanol–water partition coefficient (Wildman–Crippen LogP) is 0.849. The molecule has 1 aliphatic rings. The highest BCUT2D eigenvalue weighted by atomic mass is 32.1. The lowest BCUT2D eigenvalue weighted by Crippen LogP contribution is -2.42. The number of nitrogens with one attached hydrogen (secondary N) is 1. The van der Waals surface area contributed by atoms with E-state index in [2.05, 4.69) is 24.1 Å². The van der Waals surface area contributed by atoms with Gasteiger partial charge in [-0.15, -0.1) is 0 Å². The Morgan fingerprint density at radius 1 is 1.69 bits per heavy atom. The summed E-state index contributed by atoms with van der Waals surface area (Å²) in [4.78, 5) is 2.19. The first-order valence-corrected chi connectivity index (χ1v) is 5.25. The average Bonchev–Trinajstić information content (AvgIpc) is 2.30. The summed E-state index contributed by atoms with van der Waals surface area (Å²) in [5.41, 5.74) is 0. The summed E-state index contributed by atoms with van der Waals surface area (Å²) in [6.45, 7) is 8.70. The van der Waals surface area contributed by atoms with E-state index in [-0.39, 0.29) is 0 Å². The first-order chi connectivity index (χ1) is 6.24. The van der Waals surface area contributed by atoms with E-state index >= 15 is 0 Å². The van der Waals surface area contributed by atoms with Gasteiger partial charge in [-0.3, -0.25) is 0 Å². The van der Waals surface area contributed by atoms with Crippen LogP contribution in [0.4, 0.5) is 0 Å². The van der Waals surface area contributed by atoms with Gasteiger partial charge in [0.05, 0.1) is 13.2 Å². The molecule has 1 saturated heterocycles. The van der Waals surface area contributed by atoms with Crippen molar-refractivity contribution in [1.29, 1.82) is 0 Å². The van der Waals surface area contributed by atoms with Crippen molar-refractivity contribution in [2.45, 2.75) is 13.8 Å². The Kier molecular flexibility index (Phi) is 4.45. The van der Waals surface area contributed by atoms with Crippen molar-refractivity contribution in [2.24, 2.45) is 5.92 Å². The number of hydrogen-bond acceptors (Lipinski definition) is 2. The van der Waals surface area contributed by atoms with Crippen molar-refractivity contribution < 1.29 is 4.74 Å². The number of nitrogens with zero attached hydrogens (tertiary/aromatic N) is 1. The van der Waals surface area contributed by atoms with Crippen LogP contribution in [0.5, 0.6) is 0 Å². The van der Waals surface area contributed by atoms with Gasteiger partial charge >= 0.3 is 0 Å². The van der Waals surface area contributed by atoms with E-state index in [9.17, 15) is 0 Å². The van der Waals surface area contributed by atoms with Gasteiger partial charge in [0.15, 0.2) is 5.11 Å². The second kappa shape index (κ2) is 5.40. The molecule has 0 bridgehead atoms. The van der Waals surface area contributed by atoms with E-state index in [1.165, 1.54) is 0 Å². The summed E-state index contributed by atoms with van der Waals surface area (Å²) in [6.07, 6.45) is 0. The van der Waals surface area contributed by atoms with Gasteiger partial charge < -0.3 is 15.0 Å². The molecule has 76 valence electrons. The third-order valence-corrected chi connectivity index (χ3v) is 2.46. The molecule has 1 rings (SSSR count). The van der Waals surface area contributed by atoms with Crippen LogP contribution in [-0.4, -0.2) is 42.9 Å². The molecule has 0 aromatic carbocycles. The molecule has 0 aromatic heterocycles. The van der Waals surface area contributed by atoms with E-state index in [1.807, 2.05) is 0 Å². The van der Waals surface area contributed by atoms with Crippen LogP contribution in [-0.2, 0) is 4.74 Å². The molecule has 0 radical (unpaired) electrons. The second-order valence-electron chi connectivity index (χ2n) is 3.46. The van der Waals surface area contributed by atoms with Crippen molar-refractivity contribution >= 4 is 17.3 Å². The molecule has 1 unspecified atom stereocenters. The summed E-state index contributed by atoms with van der Waals surface area (Å²) in [5, 5.41) is 4.03. The normalized spacial score (nSPS) is 23.8. The van der Waals surface area contributed by atoms with Crippen LogP contribution in [0.3, 0.4) is 0 Å². The Morgan fingerprint density at radius 2 is 2.46 bits per heavy atom. The first kappa shape index (κ1) is 10.7. The number of thiocarbonyl (C=S) groups is 1. The molecule has 3 nitrogen and oxygen atoms in total. The third-order valence-electron chi connectivity index (χ3n) is 2.06. The van der Waals surface area contributed by atoms with Crippen LogP contribution in [0.2, 0.25) is 0 Å². The highest BCUT2D eigenvalue weighted by Crippen LogP contribution is 2.05. The minimum atomic E-state index is 0.569. The molecule has 0 amide bonds. The van der Waals surface area contributed by atoms with Gasteiger partial charge in [-0.25, -0.2) is 0 Å². The molecule has 1 atom stereocenters. The third kappa shape index (κ3) is 3.48. The van der Waals surface area contributed by atoms with E-state index in [1.54, 1.807) is 0 Å². The smallest absolute Gasteiger partial charge is 0.169 e. The molecule has 1 aliphatic heterocycles. The summed E-state index contributed by atoms with van der Waals surface area (Å²) in [7, 11) is 0. The van der Waals surface area contributed by atoms with Gasteiger partial charge in [0.1, 0.15) is 0 Å². The minimum Gasteiger partial charge on any atom is -0.379 e. The Hall–Kier alpha value is -0.350. The average molecular weight is 202 g/mol. The highest BCUT2D eigenvalue weighted by molar-refractivity contribution is 7.80. The highest BCUT2D eigenvalue weighted by Gasteiger charge is 2.16. The van der Waals surface area contributed by atoms with Crippen LogP contribution in [0.15, 0.2) is 0 Å². The molecule has 0 spiro atoms. The molecule has 0 saturated carbocycles. The fourth-order valence-corrected chi connectivity index (χ4v) is 1.74. The maximum atomic E-state index is 5.44. The lowest BCUT2D eigenvalue weighted by atomic mass is 10.2. The SMILES string of the molecule is CCNC(=S)N1CCOCC(C)C1. The topological polar surface area (TPSA) is 24.5 Å². The molecule has 1 fully saturated rings. The van der Waals surface area contributed by atoms with Crippen molar-refractivity contribution in [3.05, 3.63) is 0 Å². The quantitative estimate of drug-likeness (QED) is 0.637. The largest absolute Gasteiger partial charge is 0.379 e. The number of ether oxygens (including phenoxy) is 1. The molecule has 0 aromatic rings. The first-order valence-electron chi connectivity index (χ1n) is 4.84. The van der Waals surface area contributed by atoms with Crippen LogP contribution >= 0.6 is 12.2 Å². The lowest BCUT2D eigenvalue weighted by molar-refractivity contribution is 0.127. The molecule has 1 N–H and O–H groups in total. The maximum Gasteiger partial charge on any atom is 0.169 e. The van der Waals surface area contributed by atoms with E-state index in [4.69, 9.17) is 17.0 Å². The summed E-state index contributed by atoms with van der Waals surface area (Å²) < 4.78 is 5.44. The van der Waals surface area contributed by atoms with E-state index in [0.717, 1.165) is 38.0 Å². The number of hydrogen-bond donors (Lipinski definition) is 1. The van der Waals surface area contributed by atoms with Crippen molar-refractivity contribution in [2.75, 3.05) is 32.8 Å². The van der Waals surface area contributed by atoms with Gasteiger partial charge in [0.25, 0.3) is 0 Å². The maximum absolute atomic E-state index is 5.44. The van der Waals surface area contributed by atoms with E-state index < -0.39 is 0 Å². The standard InChI is InChI=1S/C9H18N2OS/c1-3-10-9(13)11-4-5-12-7-8(2)6-11/h8H,3-7H2,1-2H3,(H,10,13). The molecular formula is C9H18N2OS. The van der Waals surface area contributed by atoms with Gasteiger partial charge in [-0.2, -0.15) is 0 Å². The Bertz CT molecular complexity index is 175. The molecular weight excluding hydrogens is 184 g/mol. The predicted molar refractivity (Wildman–Crippen MR) is 57.8 cm³/mol. The fraction of sp³-hybridized carbons (Fsp3) is 0.889. The zero-order valence-electron chi connectivity index (χ0n) is 8.38. The second-order valence-corrected chi connectivity index (χ2v) is 3.85. The fourth-order valence-electron chi connectivity index (χ4n) is 1.43. The summed E-state index contributed by atoms with van der Waals surface area (Å²) in [5.74, 6) is 0.569. The van der Waals surface area contributed by atoms with Crippen LogP contribution < -0.4 is 5.32 Å². The Balaban J connectivity index is 2.42. The van der Waals surface area contributed by atoms with Crippen molar-refractivity contribution in [3.63, 3.8) is 0 Å². The Labute approximate surface area is 85.4 Å². The zero-order valence-corrected chi connectivity index (χ0v) is 9.19. The van der Waals surface area contributed by atoms with Crippen LogP contribution in [0.1, 0.15) is 13.8 Å².